The van der Waals surface area contributed by atoms with E-state index in [1.807, 2.05) is 44.2 Å². The summed E-state index contributed by atoms with van der Waals surface area (Å²) in [6, 6.07) is 9.71. The smallest absolute Gasteiger partial charge is 0.245 e. The quantitative estimate of drug-likeness (QED) is 0.577. The Hall–Kier alpha value is -3.28. The van der Waals surface area contributed by atoms with Crippen molar-refractivity contribution >= 4 is 5.52 Å². The van der Waals surface area contributed by atoms with Crippen LogP contribution >= 0.6 is 0 Å². The lowest BCUT2D eigenvalue weighted by Gasteiger charge is -2.10. The van der Waals surface area contributed by atoms with Crippen LogP contribution in [-0.4, -0.2) is 24.6 Å². The first-order chi connectivity index (χ1) is 11.7. The Balaban J connectivity index is 1.66. The third-order valence-electron chi connectivity index (χ3n) is 3.87. The van der Waals surface area contributed by atoms with Crippen molar-refractivity contribution in [2.24, 2.45) is 0 Å². The van der Waals surface area contributed by atoms with E-state index in [9.17, 15) is 0 Å². The number of aromatic nitrogens is 5. The van der Waals surface area contributed by atoms with Crippen molar-refractivity contribution in [1.82, 2.24) is 24.6 Å². The first kappa shape index (κ1) is 14.3. The molecule has 0 saturated carbocycles. The van der Waals surface area contributed by atoms with E-state index in [0.717, 1.165) is 28.0 Å². The first-order valence-corrected chi connectivity index (χ1v) is 7.57. The molecule has 0 bridgehead atoms. The van der Waals surface area contributed by atoms with Crippen molar-refractivity contribution in [3.63, 3.8) is 0 Å². The maximum atomic E-state index is 5.90. The van der Waals surface area contributed by atoms with Crippen LogP contribution in [0, 0.1) is 13.8 Å². The molecule has 0 saturated heterocycles. The zero-order valence-electron chi connectivity index (χ0n) is 13.3. The third-order valence-corrected chi connectivity index (χ3v) is 3.87. The minimum absolute atomic E-state index is 0.526. The normalized spacial score (nSPS) is 10.9. The monoisotopic (exact) mass is 317 g/mol. The van der Waals surface area contributed by atoms with E-state index in [4.69, 9.17) is 4.74 Å². The lowest BCUT2D eigenvalue weighted by molar-refractivity contribution is 0.465. The standard InChI is InChI=1S/C18H15N5O/c1-12-17(13(2)21-11-20-12)14-3-5-15(6-4-14)24-18-16-7-8-22-23(16)10-9-19-18/h3-11H,1-2H3. The molecule has 1 aromatic carbocycles. The molecule has 118 valence electrons. The fraction of sp³-hybridized carbons (Fsp3) is 0.111. The molecule has 0 atom stereocenters. The Labute approximate surface area is 138 Å². The van der Waals surface area contributed by atoms with E-state index in [2.05, 4.69) is 20.1 Å². The highest BCUT2D eigenvalue weighted by Gasteiger charge is 2.09. The molecule has 4 rings (SSSR count). The topological polar surface area (TPSA) is 65.2 Å². The van der Waals surface area contributed by atoms with Gasteiger partial charge in [-0.2, -0.15) is 5.10 Å². The van der Waals surface area contributed by atoms with Gasteiger partial charge >= 0.3 is 0 Å². The summed E-state index contributed by atoms with van der Waals surface area (Å²) in [5.41, 5.74) is 4.86. The Morgan fingerprint density at radius 3 is 2.38 bits per heavy atom. The number of hydrogen-bond donors (Lipinski definition) is 0. The summed E-state index contributed by atoms with van der Waals surface area (Å²) in [6.45, 7) is 3.97. The van der Waals surface area contributed by atoms with Crippen LogP contribution in [0.3, 0.4) is 0 Å². The lowest BCUT2D eigenvalue weighted by Crippen LogP contribution is -1.95. The van der Waals surface area contributed by atoms with Crippen LogP contribution in [0.2, 0.25) is 0 Å². The van der Waals surface area contributed by atoms with Gasteiger partial charge in [0.1, 0.15) is 17.6 Å². The molecule has 0 unspecified atom stereocenters. The zero-order valence-corrected chi connectivity index (χ0v) is 13.3. The summed E-state index contributed by atoms with van der Waals surface area (Å²) in [6.07, 6.45) is 6.75. The van der Waals surface area contributed by atoms with E-state index < -0.39 is 0 Å². The Morgan fingerprint density at radius 2 is 1.62 bits per heavy atom. The molecular formula is C18H15N5O. The highest BCUT2D eigenvalue weighted by atomic mass is 16.5. The van der Waals surface area contributed by atoms with Gasteiger partial charge in [-0.15, -0.1) is 0 Å². The number of ether oxygens (including phenoxy) is 1. The molecular weight excluding hydrogens is 302 g/mol. The summed E-state index contributed by atoms with van der Waals surface area (Å²) >= 11 is 0. The van der Waals surface area contributed by atoms with Gasteiger partial charge in [0.05, 0.1) is 6.20 Å². The molecule has 3 heterocycles. The van der Waals surface area contributed by atoms with Crippen LogP contribution in [0.25, 0.3) is 16.6 Å². The predicted molar refractivity (Wildman–Crippen MR) is 90.0 cm³/mol. The molecule has 4 aromatic rings. The van der Waals surface area contributed by atoms with Gasteiger partial charge in [0.2, 0.25) is 5.88 Å². The minimum Gasteiger partial charge on any atom is -0.437 e. The molecule has 0 fully saturated rings. The zero-order chi connectivity index (χ0) is 16.5. The van der Waals surface area contributed by atoms with Crippen molar-refractivity contribution in [3.05, 3.63) is 66.6 Å². The third kappa shape index (κ3) is 2.48. The summed E-state index contributed by atoms with van der Waals surface area (Å²) in [5.74, 6) is 1.24. The molecule has 0 aliphatic rings. The van der Waals surface area contributed by atoms with Crippen LogP contribution in [0.1, 0.15) is 11.4 Å². The lowest BCUT2D eigenvalue weighted by atomic mass is 10.0. The molecule has 0 amide bonds. The Bertz CT molecular complexity index is 987. The minimum atomic E-state index is 0.526. The van der Waals surface area contributed by atoms with E-state index in [-0.39, 0.29) is 0 Å². The van der Waals surface area contributed by atoms with Crippen molar-refractivity contribution in [3.8, 4) is 22.8 Å². The molecule has 0 aliphatic heterocycles. The van der Waals surface area contributed by atoms with Gasteiger partial charge in [0.25, 0.3) is 0 Å². The second-order valence-corrected chi connectivity index (χ2v) is 5.44. The second kappa shape index (κ2) is 5.73. The fourth-order valence-electron chi connectivity index (χ4n) is 2.72. The van der Waals surface area contributed by atoms with Gasteiger partial charge in [-0.05, 0) is 37.6 Å². The van der Waals surface area contributed by atoms with Crippen LogP contribution in [-0.2, 0) is 0 Å². The van der Waals surface area contributed by atoms with Crippen molar-refractivity contribution in [2.45, 2.75) is 13.8 Å². The molecule has 0 N–H and O–H groups in total. The van der Waals surface area contributed by atoms with Crippen LogP contribution < -0.4 is 4.74 Å². The summed E-state index contributed by atoms with van der Waals surface area (Å²) in [4.78, 5) is 12.8. The molecule has 6 nitrogen and oxygen atoms in total. The summed E-state index contributed by atoms with van der Waals surface area (Å²) in [5, 5.41) is 4.18. The van der Waals surface area contributed by atoms with Crippen LogP contribution in [0.4, 0.5) is 0 Å². The molecule has 24 heavy (non-hydrogen) atoms. The van der Waals surface area contributed by atoms with Gasteiger partial charge in [-0.25, -0.2) is 19.5 Å². The predicted octanol–water partition coefficient (Wildman–Crippen LogP) is 3.60. The average molecular weight is 317 g/mol. The van der Waals surface area contributed by atoms with Gasteiger partial charge in [0.15, 0.2) is 0 Å². The van der Waals surface area contributed by atoms with Crippen LogP contribution in [0.15, 0.2) is 55.2 Å². The maximum absolute atomic E-state index is 5.90. The molecule has 0 spiro atoms. The highest BCUT2D eigenvalue weighted by Crippen LogP contribution is 2.29. The SMILES string of the molecule is Cc1ncnc(C)c1-c1ccc(Oc2nccn3nccc23)cc1. The van der Waals surface area contributed by atoms with Gasteiger partial charge in [0, 0.05) is 29.3 Å². The molecule has 0 aliphatic carbocycles. The number of aryl methyl sites for hydroxylation is 2. The van der Waals surface area contributed by atoms with E-state index in [0.29, 0.717) is 11.6 Å². The van der Waals surface area contributed by atoms with Crippen molar-refractivity contribution in [2.75, 3.05) is 0 Å². The fourth-order valence-corrected chi connectivity index (χ4v) is 2.72. The molecule has 0 radical (unpaired) electrons. The van der Waals surface area contributed by atoms with E-state index in [1.54, 1.807) is 29.4 Å². The average Bonchev–Trinajstić information content (AvgIpc) is 3.06. The van der Waals surface area contributed by atoms with Gasteiger partial charge in [-0.3, -0.25) is 0 Å². The number of benzene rings is 1. The van der Waals surface area contributed by atoms with E-state index in [1.165, 1.54) is 0 Å². The summed E-state index contributed by atoms with van der Waals surface area (Å²) < 4.78 is 7.63. The number of rotatable bonds is 3. The largest absolute Gasteiger partial charge is 0.437 e. The van der Waals surface area contributed by atoms with Gasteiger partial charge in [-0.1, -0.05) is 12.1 Å². The van der Waals surface area contributed by atoms with Crippen molar-refractivity contribution in [1.29, 1.82) is 0 Å². The van der Waals surface area contributed by atoms with E-state index >= 15 is 0 Å². The van der Waals surface area contributed by atoms with Gasteiger partial charge < -0.3 is 4.74 Å². The van der Waals surface area contributed by atoms with Crippen molar-refractivity contribution < 1.29 is 4.74 Å². The number of nitrogens with zero attached hydrogens (tertiary/aromatic N) is 5. The number of fused-ring (bicyclic) bond motifs is 1. The first-order valence-electron chi connectivity index (χ1n) is 7.57. The van der Waals surface area contributed by atoms with Crippen LogP contribution in [0.5, 0.6) is 11.6 Å². The maximum Gasteiger partial charge on any atom is 0.245 e. The Morgan fingerprint density at radius 1 is 0.875 bits per heavy atom. The second-order valence-electron chi connectivity index (χ2n) is 5.44. The molecule has 3 aromatic heterocycles. The number of hydrogen-bond acceptors (Lipinski definition) is 5. The molecule has 6 heteroatoms. The summed E-state index contributed by atoms with van der Waals surface area (Å²) in [7, 11) is 0. The highest BCUT2D eigenvalue weighted by molar-refractivity contribution is 5.68. The Kier molecular flexibility index (Phi) is 3.42.